The SMILES string of the molecule is CCCCNC(=NCc1cccc(CN(C)C)c1)NCC.I. The Labute approximate surface area is 152 Å². The minimum absolute atomic E-state index is 0. The number of aliphatic imine (C=N–C) groups is 1. The van der Waals surface area contributed by atoms with Gasteiger partial charge in [-0.1, -0.05) is 37.6 Å². The Morgan fingerprint density at radius 3 is 2.50 bits per heavy atom. The van der Waals surface area contributed by atoms with E-state index in [9.17, 15) is 0 Å². The minimum atomic E-state index is 0. The van der Waals surface area contributed by atoms with Gasteiger partial charge in [0.15, 0.2) is 5.96 Å². The van der Waals surface area contributed by atoms with Crippen molar-refractivity contribution in [1.29, 1.82) is 0 Å². The largest absolute Gasteiger partial charge is 0.357 e. The summed E-state index contributed by atoms with van der Waals surface area (Å²) >= 11 is 0. The van der Waals surface area contributed by atoms with Crippen LogP contribution in [0.5, 0.6) is 0 Å². The van der Waals surface area contributed by atoms with Gasteiger partial charge in [0, 0.05) is 19.6 Å². The Kier molecular flexibility index (Phi) is 12.2. The van der Waals surface area contributed by atoms with E-state index < -0.39 is 0 Å². The number of hydrogen-bond acceptors (Lipinski definition) is 2. The van der Waals surface area contributed by atoms with E-state index in [4.69, 9.17) is 0 Å². The first-order chi connectivity index (χ1) is 10.2. The molecule has 0 spiro atoms. The van der Waals surface area contributed by atoms with Gasteiger partial charge in [0.25, 0.3) is 0 Å². The van der Waals surface area contributed by atoms with Crippen LogP contribution in [0.25, 0.3) is 0 Å². The first-order valence-corrected chi connectivity index (χ1v) is 7.90. The molecule has 1 rings (SSSR count). The number of nitrogens with zero attached hydrogens (tertiary/aromatic N) is 2. The fourth-order valence-electron chi connectivity index (χ4n) is 2.09. The molecule has 0 radical (unpaired) electrons. The highest BCUT2D eigenvalue weighted by Gasteiger charge is 1.99. The van der Waals surface area contributed by atoms with Crippen molar-refractivity contribution in [2.45, 2.75) is 39.8 Å². The summed E-state index contributed by atoms with van der Waals surface area (Å²) < 4.78 is 0. The first kappa shape index (κ1) is 21.2. The van der Waals surface area contributed by atoms with Crippen LogP contribution in [0.15, 0.2) is 29.3 Å². The number of benzene rings is 1. The van der Waals surface area contributed by atoms with Crippen LogP contribution < -0.4 is 10.6 Å². The molecule has 0 unspecified atom stereocenters. The number of unbranched alkanes of at least 4 members (excludes halogenated alkanes) is 1. The average Bonchev–Trinajstić information content (AvgIpc) is 2.44. The van der Waals surface area contributed by atoms with Gasteiger partial charge in [-0.3, -0.25) is 0 Å². The van der Waals surface area contributed by atoms with Gasteiger partial charge >= 0.3 is 0 Å². The van der Waals surface area contributed by atoms with E-state index >= 15 is 0 Å². The minimum Gasteiger partial charge on any atom is -0.357 e. The number of guanidine groups is 1. The van der Waals surface area contributed by atoms with Gasteiger partial charge in [-0.15, -0.1) is 24.0 Å². The van der Waals surface area contributed by atoms with Gasteiger partial charge in [0.2, 0.25) is 0 Å². The van der Waals surface area contributed by atoms with E-state index in [-0.39, 0.29) is 24.0 Å². The van der Waals surface area contributed by atoms with Crippen LogP contribution in [-0.4, -0.2) is 38.0 Å². The summed E-state index contributed by atoms with van der Waals surface area (Å²) in [5, 5.41) is 6.66. The molecule has 0 aliphatic carbocycles. The van der Waals surface area contributed by atoms with Gasteiger partial charge in [-0.2, -0.15) is 0 Å². The topological polar surface area (TPSA) is 39.7 Å². The molecule has 0 aliphatic rings. The molecule has 0 saturated carbocycles. The molecule has 1 aromatic carbocycles. The number of nitrogens with one attached hydrogen (secondary N) is 2. The molecule has 126 valence electrons. The molecule has 0 atom stereocenters. The Hall–Kier alpha value is -0.820. The second-order valence-corrected chi connectivity index (χ2v) is 5.53. The lowest BCUT2D eigenvalue weighted by molar-refractivity contribution is 0.402. The molecule has 4 nitrogen and oxygen atoms in total. The summed E-state index contributed by atoms with van der Waals surface area (Å²) in [5.41, 5.74) is 2.58. The first-order valence-electron chi connectivity index (χ1n) is 7.90. The normalized spacial score (nSPS) is 11.2. The van der Waals surface area contributed by atoms with Crippen molar-refractivity contribution < 1.29 is 0 Å². The predicted octanol–water partition coefficient (Wildman–Crippen LogP) is 3.22. The van der Waals surface area contributed by atoms with Crippen molar-refractivity contribution in [3.63, 3.8) is 0 Å². The van der Waals surface area contributed by atoms with E-state index in [1.807, 2.05) is 0 Å². The number of rotatable bonds is 8. The summed E-state index contributed by atoms with van der Waals surface area (Å²) in [6.45, 7) is 7.83. The predicted molar refractivity (Wildman–Crippen MR) is 107 cm³/mol. The van der Waals surface area contributed by atoms with E-state index in [1.165, 1.54) is 24.0 Å². The molecule has 5 heteroatoms. The molecule has 0 aliphatic heterocycles. The zero-order valence-electron chi connectivity index (χ0n) is 14.4. The van der Waals surface area contributed by atoms with Gasteiger partial charge in [-0.05, 0) is 38.6 Å². The van der Waals surface area contributed by atoms with Crippen LogP contribution >= 0.6 is 24.0 Å². The fourth-order valence-corrected chi connectivity index (χ4v) is 2.09. The summed E-state index contributed by atoms with van der Waals surface area (Å²) in [7, 11) is 4.18. The fraction of sp³-hybridized carbons (Fsp3) is 0.588. The summed E-state index contributed by atoms with van der Waals surface area (Å²) in [5.74, 6) is 0.906. The zero-order valence-corrected chi connectivity index (χ0v) is 16.7. The zero-order chi connectivity index (χ0) is 15.5. The maximum atomic E-state index is 4.66. The maximum absolute atomic E-state index is 4.66. The van der Waals surface area contributed by atoms with Crippen molar-refractivity contribution >= 4 is 29.9 Å². The van der Waals surface area contributed by atoms with Gasteiger partial charge in [0.05, 0.1) is 6.54 Å². The van der Waals surface area contributed by atoms with Crippen molar-refractivity contribution in [2.24, 2.45) is 4.99 Å². The highest BCUT2D eigenvalue weighted by Crippen LogP contribution is 2.08. The van der Waals surface area contributed by atoms with E-state index in [2.05, 4.69) is 72.7 Å². The monoisotopic (exact) mass is 418 g/mol. The van der Waals surface area contributed by atoms with E-state index in [0.29, 0.717) is 6.54 Å². The van der Waals surface area contributed by atoms with Crippen molar-refractivity contribution in [3.05, 3.63) is 35.4 Å². The van der Waals surface area contributed by atoms with Crippen LogP contribution in [-0.2, 0) is 13.1 Å². The smallest absolute Gasteiger partial charge is 0.191 e. The van der Waals surface area contributed by atoms with Crippen molar-refractivity contribution in [1.82, 2.24) is 15.5 Å². The maximum Gasteiger partial charge on any atom is 0.191 e. The van der Waals surface area contributed by atoms with Crippen LogP contribution in [0.3, 0.4) is 0 Å². The van der Waals surface area contributed by atoms with Crippen LogP contribution in [0.4, 0.5) is 0 Å². The highest BCUT2D eigenvalue weighted by atomic mass is 127. The average molecular weight is 418 g/mol. The van der Waals surface area contributed by atoms with Crippen LogP contribution in [0.1, 0.15) is 37.8 Å². The lowest BCUT2D eigenvalue weighted by Crippen LogP contribution is -2.37. The second-order valence-electron chi connectivity index (χ2n) is 5.53. The third kappa shape index (κ3) is 9.25. The molecular formula is C17H31IN4. The Morgan fingerprint density at radius 2 is 1.86 bits per heavy atom. The Balaban J connectivity index is 0.00000441. The van der Waals surface area contributed by atoms with Crippen molar-refractivity contribution in [2.75, 3.05) is 27.2 Å². The standard InChI is InChI=1S/C17H30N4.HI/c1-5-7-11-19-17(18-6-2)20-13-15-9-8-10-16(12-15)14-21(3)4;/h8-10,12H,5-7,11,13-14H2,1-4H3,(H2,18,19,20);1H. The molecule has 1 aromatic rings. The van der Waals surface area contributed by atoms with Crippen LogP contribution in [0.2, 0.25) is 0 Å². The summed E-state index contributed by atoms with van der Waals surface area (Å²) in [4.78, 5) is 6.84. The molecular weight excluding hydrogens is 387 g/mol. The Morgan fingerprint density at radius 1 is 1.14 bits per heavy atom. The lowest BCUT2D eigenvalue weighted by atomic mass is 10.1. The number of hydrogen-bond donors (Lipinski definition) is 2. The van der Waals surface area contributed by atoms with E-state index in [0.717, 1.165) is 25.6 Å². The van der Waals surface area contributed by atoms with Crippen LogP contribution in [0, 0.1) is 0 Å². The highest BCUT2D eigenvalue weighted by molar-refractivity contribution is 14.0. The molecule has 0 bridgehead atoms. The van der Waals surface area contributed by atoms with E-state index in [1.54, 1.807) is 0 Å². The summed E-state index contributed by atoms with van der Waals surface area (Å²) in [6.07, 6.45) is 2.36. The molecule has 0 heterocycles. The molecule has 0 aromatic heterocycles. The third-order valence-corrected chi connectivity index (χ3v) is 3.08. The quantitative estimate of drug-likeness (QED) is 0.295. The molecule has 2 N–H and O–H groups in total. The molecule has 22 heavy (non-hydrogen) atoms. The van der Waals surface area contributed by atoms with Gasteiger partial charge in [-0.25, -0.2) is 4.99 Å². The van der Waals surface area contributed by atoms with Gasteiger partial charge < -0.3 is 15.5 Å². The lowest BCUT2D eigenvalue weighted by Gasteiger charge is -2.12. The number of halogens is 1. The van der Waals surface area contributed by atoms with Crippen molar-refractivity contribution in [3.8, 4) is 0 Å². The summed E-state index contributed by atoms with van der Waals surface area (Å²) in [6, 6.07) is 8.65. The Bertz CT molecular complexity index is 432. The molecule has 0 saturated heterocycles. The van der Waals surface area contributed by atoms with Gasteiger partial charge in [0.1, 0.15) is 0 Å². The third-order valence-electron chi connectivity index (χ3n) is 3.08. The molecule has 0 fully saturated rings. The second kappa shape index (κ2) is 12.7. The molecule has 0 amide bonds.